The van der Waals surface area contributed by atoms with Crippen LogP contribution < -0.4 is 14.8 Å². The quantitative estimate of drug-likeness (QED) is 0.511. The summed E-state index contributed by atoms with van der Waals surface area (Å²) in [5.41, 5.74) is 5.17. The molecule has 0 unspecified atom stereocenters. The van der Waals surface area contributed by atoms with Crippen LogP contribution in [0.4, 0.5) is 0 Å². The van der Waals surface area contributed by atoms with E-state index in [0.29, 0.717) is 24.7 Å². The zero-order chi connectivity index (χ0) is 22.2. The first-order valence-electron chi connectivity index (χ1n) is 10.2. The predicted molar refractivity (Wildman–Crippen MR) is 118 cm³/mol. The number of nitrogens with zero attached hydrogens (tertiary/aromatic N) is 2. The standard InChI is InChI=1S/C24H27N3O4/c1-4-30-22-20(13-25-17(3)23(28)29)14-26-24(27-22)31-15-19-11-8-12-21(16(19)2)18-9-6-5-7-10-18/h5-12,14,17,25H,4,13,15H2,1-3H3,(H,28,29)/t17-/m1/s1. The lowest BCUT2D eigenvalue weighted by Crippen LogP contribution is -2.33. The molecule has 31 heavy (non-hydrogen) atoms. The monoisotopic (exact) mass is 421 g/mol. The third-order valence-corrected chi connectivity index (χ3v) is 4.94. The van der Waals surface area contributed by atoms with Gasteiger partial charge in [-0.1, -0.05) is 48.5 Å². The highest BCUT2D eigenvalue weighted by molar-refractivity contribution is 5.72. The number of rotatable bonds is 10. The maximum atomic E-state index is 11.0. The van der Waals surface area contributed by atoms with E-state index < -0.39 is 12.0 Å². The lowest BCUT2D eigenvalue weighted by Gasteiger charge is -2.14. The molecule has 1 atom stereocenters. The predicted octanol–water partition coefficient (Wildman–Crippen LogP) is 3.99. The Kier molecular flexibility index (Phi) is 7.56. The Labute approximate surface area is 182 Å². The van der Waals surface area contributed by atoms with Crippen molar-refractivity contribution >= 4 is 5.97 Å². The molecular weight excluding hydrogens is 394 g/mol. The van der Waals surface area contributed by atoms with Crippen LogP contribution in [0.5, 0.6) is 11.9 Å². The fourth-order valence-corrected chi connectivity index (χ4v) is 3.09. The smallest absolute Gasteiger partial charge is 0.320 e. The van der Waals surface area contributed by atoms with Gasteiger partial charge in [0.1, 0.15) is 12.6 Å². The molecule has 7 heteroatoms. The van der Waals surface area contributed by atoms with Crippen LogP contribution >= 0.6 is 0 Å². The number of hydrogen-bond acceptors (Lipinski definition) is 6. The Hall–Kier alpha value is -3.45. The Morgan fingerprint density at radius 1 is 1.10 bits per heavy atom. The van der Waals surface area contributed by atoms with Gasteiger partial charge >= 0.3 is 12.0 Å². The Morgan fingerprint density at radius 2 is 1.87 bits per heavy atom. The number of aliphatic carboxylic acids is 1. The molecule has 0 radical (unpaired) electrons. The van der Waals surface area contributed by atoms with Gasteiger partial charge in [-0.2, -0.15) is 4.98 Å². The molecule has 0 saturated carbocycles. The van der Waals surface area contributed by atoms with Gasteiger partial charge in [0.05, 0.1) is 6.61 Å². The summed E-state index contributed by atoms with van der Waals surface area (Å²) in [5.74, 6) is -0.542. The number of hydrogen-bond donors (Lipinski definition) is 2. The fraction of sp³-hybridized carbons (Fsp3) is 0.292. The third-order valence-electron chi connectivity index (χ3n) is 4.94. The normalized spacial score (nSPS) is 11.7. The number of benzene rings is 2. The first-order valence-corrected chi connectivity index (χ1v) is 10.2. The zero-order valence-corrected chi connectivity index (χ0v) is 18.0. The minimum absolute atomic E-state index is 0.211. The topological polar surface area (TPSA) is 93.6 Å². The third kappa shape index (κ3) is 5.79. The average molecular weight is 421 g/mol. The van der Waals surface area contributed by atoms with Gasteiger partial charge in [0, 0.05) is 18.3 Å². The van der Waals surface area contributed by atoms with Crippen molar-refractivity contribution in [3.05, 3.63) is 71.4 Å². The van der Waals surface area contributed by atoms with E-state index in [9.17, 15) is 4.79 Å². The van der Waals surface area contributed by atoms with Gasteiger partial charge in [0.25, 0.3) is 0 Å². The number of aromatic nitrogens is 2. The number of carbonyl (C=O) groups is 1. The number of nitrogens with one attached hydrogen (secondary N) is 1. The van der Waals surface area contributed by atoms with E-state index in [-0.39, 0.29) is 12.6 Å². The number of ether oxygens (including phenoxy) is 2. The molecule has 0 aliphatic heterocycles. The molecule has 0 spiro atoms. The molecule has 0 amide bonds. The lowest BCUT2D eigenvalue weighted by molar-refractivity contribution is -0.139. The molecule has 1 aromatic heterocycles. The molecule has 1 heterocycles. The van der Waals surface area contributed by atoms with E-state index in [4.69, 9.17) is 14.6 Å². The fourth-order valence-electron chi connectivity index (χ4n) is 3.09. The largest absolute Gasteiger partial charge is 0.480 e. The van der Waals surface area contributed by atoms with Crippen molar-refractivity contribution < 1.29 is 19.4 Å². The molecule has 0 aliphatic rings. The molecule has 3 aromatic rings. The van der Waals surface area contributed by atoms with Crippen LogP contribution in [-0.4, -0.2) is 33.7 Å². The molecule has 0 saturated heterocycles. The summed E-state index contributed by atoms with van der Waals surface area (Å²) < 4.78 is 11.5. The van der Waals surface area contributed by atoms with E-state index in [1.54, 1.807) is 13.1 Å². The highest BCUT2D eigenvalue weighted by atomic mass is 16.5. The van der Waals surface area contributed by atoms with Crippen LogP contribution in [0.2, 0.25) is 0 Å². The maximum Gasteiger partial charge on any atom is 0.320 e. The van der Waals surface area contributed by atoms with Crippen molar-refractivity contribution in [2.45, 2.75) is 40.0 Å². The first kappa shape index (κ1) is 22.2. The van der Waals surface area contributed by atoms with Crippen LogP contribution in [-0.2, 0) is 17.9 Å². The molecule has 0 aliphatic carbocycles. The van der Waals surface area contributed by atoms with Crippen LogP contribution in [0, 0.1) is 6.92 Å². The summed E-state index contributed by atoms with van der Waals surface area (Å²) >= 11 is 0. The molecule has 0 fully saturated rings. The SMILES string of the molecule is CCOc1nc(OCc2cccc(-c3ccccc3)c2C)ncc1CN[C@H](C)C(=O)O. The van der Waals surface area contributed by atoms with Crippen LogP contribution in [0.25, 0.3) is 11.1 Å². The van der Waals surface area contributed by atoms with Crippen molar-refractivity contribution in [3.8, 4) is 23.0 Å². The molecular formula is C24H27N3O4. The van der Waals surface area contributed by atoms with Crippen molar-refractivity contribution in [1.82, 2.24) is 15.3 Å². The summed E-state index contributed by atoms with van der Waals surface area (Å²) in [6.45, 7) is 6.54. The average Bonchev–Trinajstić information content (AvgIpc) is 2.78. The van der Waals surface area contributed by atoms with Gasteiger partial charge in [-0.05, 0) is 43.0 Å². The number of carboxylic acid groups (broad SMARTS) is 1. The Bertz CT molecular complexity index is 1020. The lowest BCUT2D eigenvalue weighted by atomic mass is 9.97. The van der Waals surface area contributed by atoms with Gasteiger partial charge in [0.2, 0.25) is 5.88 Å². The number of carboxylic acids is 1. The van der Waals surface area contributed by atoms with E-state index in [2.05, 4.69) is 40.4 Å². The maximum absolute atomic E-state index is 11.0. The zero-order valence-electron chi connectivity index (χ0n) is 18.0. The highest BCUT2D eigenvalue weighted by Crippen LogP contribution is 2.26. The summed E-state index contributed by atoms with van der Waals surface area (Å²) in [6.07, 6.45) is 1.60. The van der Waals surface area contributed by atoms with Crippen LogP contribution in [0.3, 0.4) is 0 Å². The van der Waals surface area contributed by atoms with Crippen molar-refractivity contribution in [2.75, 3.05) is 6.61 Å². The summed E-state index contributed by atoms with van der Waals surface area (Å²) in [7, 11) is 0. The van der Waals surface area contributed by atoms with Crippen LogP contribution in [0.1, 0.15) is 30.5 Å². The van der Waals surface area contributed by atoms with Crippen LogP contribution in [0.15, 0.2) is 54.7 Å². The molecule has 162 valence electrons. The van der Waals surface area contributed by atoms with Gasteiger partial charge < -0.3 is 19.9 Å². The van der Waals surface area contributed by atoms with E-state index in [0.717, 1.165) is 22.3 Å². The highest BCUT2D eigenvalue weighted by Gasteiger charge is 2.14. The van der Waals surface area contributed by atoms with E-state index >= 15 is 0 Å². The molecule has 3 rings (SSSR count). The molecule has 2 N–H and O–H groups in total. The van der Waals surface area contributed by atoms with E-state index in [1.165, 1.54) is 0 Å². The van der Waals surface area contributed by atoms with Gasteiger partial charge in [-0.3, -0.25) is 4.79 Å². The van der Waals surface area contributed by atoms with Crippen molar-refractivity contribution in [3.63, 3.8) is 0 Å². The Morgan fingerprint density at radius 3 is 2.58 bits per heavy atom. The van der Waals surface area contributed by atoms with Gasteiger partial charge in [0.15, 0.2) is 0 Å². The second-order valence-corrected chi connectivity index (χ2v) is 7.10. The molecule has 2 aromatic carbocycles. The molecule has 0 bridgehead atoms. The minimum atomic E-state index is -0.924. The van der Waals surface area contributed by atoms with Gasteiger partial charge in [-0.15, -0.1) is 0 Å². The molecule has 7 nitrogen and oxygen atoms in total. The second-order valence-electron chi connectivity index (χ2n) is 7.10. The van der Waals surface area contributed by atoms with Gasteiger partial charge in [-0.25, -0.2) is 4.98 Å². The van der Waals surface area contributed by atoms with Crippen molar-refractivity contribution in [1.29, 1.82) is 0 Å². The Balaban J connectivity index is 1.73. The second kappa shape index (κ2) is 10.5. The summed E-state index contributed by atoms with van der Waals surface area (Å²) in [5, 5.41) is 11.9. The summed E-state index contributed by atoms with van der Waals surface area (Å²) in [4.78, 5) is 19.6. The minimum Gasteiger partial charge on any atom is -0.480 e. The summed E-state index contributed by atoms with van der Waals surface area (Å²) in [6, 6.07) is 15.9. The van der Waals surface area contributed by atoms with Crippen molar-refractivity contribution in [2.24, 2.45) is 0 Å². The first-order chi connectivity index (χ1) is 15.0. The van der Waals surface area contributed by atoms with E-state index in [1.807, 2.05) is 37.3 Å².